The van der Waals surface area contributed by atoms with Crippen LogP contribution in [-0.4, -0.2) is 21.0 Å². The Morgan fingerprint density at radius 1 is 0.404 bits per heavy atom. The second-order valence-corrected chi connectivity index (χ2v) is 12.0. The molecule has 4 heteroatoms. The zero-order valence-corrected chi connectivity index (χ0v) is 25.6. The van der Waals surface area contributed by atoms with Crippen molar-refractivity contribution in [2.75, 3.05) is 4.90 Å². The van der Waals surface area contributed by atoms with Gasteiger partial charge in [0.25, 0.3) is 0 Å². The van der Waals surface area contributed by atoms with E-state index >= 15 is 0 Å². The van der Waals surface area contributed by atoms with Crippen LogP contribution in [0.4, 0.5) is 11.4 Å². The Hall–Kier alpha value is -6.13. The molecule has 2 heterocycles. The standard InChI is InChI=1S/C43H30N4/c1-4-15-29(16-5-1)32-24-14-26-39-40(32)36-23-12-13-25-37(36)47(39)38-28-27-35(33-21-10-11-22-34(33)38)43-45-41(30-17-6-2-7-18-30)44-42(46-43)31-19-8-3-9-20-31/h1-28,36-37H. The number of nitrogens with zero attached hydrogens (tertiary/aromatic N) is 4. The van der Waals surface area contributed by atoms with E-state index in [1.807, 2.05) is 60.7 Å². The molecular weight excluding hydrogens is 573 g/mol. The topological polar surface area (TPSA) is 41.9 Å². The molecule has 6 aromatic carbocycles. The van der Waals surface area contributed by atoms with Crippen molar-refractivity contribution < 1.29 is 0 Å². The molecule has 0 amide bonds. The molecule has 2 aliphatic rings. The van der Waals surface area contributed by atoms with Crippen LogP contribution >= 0.6 is 0 Å². The number of anilines is 2. The summed E-state index contributed by atoms with van der Waals surface area (Å²) >= 11 is 0. The average molecular weight is 603 g/mol. The van der Waals surface area contributed by atoms with Crippen molar-refractivity contribution in [2.24, 2.45) is 0 Å². The molecule has 0 N–H and O–H groups in total. The van der Waals surface area contributed by atoms with E-state index in [1.54, 1.807) is 0 Å². The molecule has 0 radical (unpaired) electrons. The van der Waals surface area contributed by atoms with E-state index < -0.39 is 0 Å². The van der Waals surface area contributed by atoms with Gasteiger partial charge in [-0.25, -0.2) is 15.0 Å². The van der Waals surface area contributed by atoms with E-state index in [-0.39, 0.29) is 12.0 Å². The first kappa shape index (κ1) is 27.2. The zero-order valence-electron chi connectivity index (χ0n) is 25.6. The normalized spacial score (nSPS) is 16.3. The number of fused-ring (bicyclic) bond motifs is 4. The van der Waals surface area contributed by atoms with Gasteiger partial charge < -0.3 is 4.90 Å². The van der Waals surface area contributed by atoms with Crippen LogP contribution in [0.5, 0.6) is 0 Å². The number of hydrogen-bond acceptors (Lipinski definition) is 4. The van der Waals surface area contributed by atoms with Gasteiger partial charge in [-0.1, -0.05) is 152 Å². The third kappa shape index (κ3) is 4.65. The van der Waals surface area contributed by atoms with Crippen molar-refractivity contribution >= 4 is 22.1 Å². The summed E-state index contributed by atoms with van der Waals surface area (Å²) in [6.45, 7) is 0. The number of aromatic nitrogens is 3. The Balaban J connectivity index is 1.24. The molecule has 0 saturated carbocycles. The van der Waals surface area contributed by atoms with Crippen molar-refractivity contribution in [3.05, 3.63) is 175 Å². The fraction of sp³-hybridized carbons (Fsp3) is 0.0465. The van der Waals surface area contributed by atoms with Gasteiger partial charge in [-0.3, -0.25) is 0 Å². The maximum absolute atomic E-state index is 5.07. The maximum Gasteiger partial charge on any atom is 0.164 e. The lowest BCUT2D eigenvalue weighted by Gasteiger charge is -2.30. The Bertz CT molecular complexity index is 2250. The van der Waals surface area contributed by atoms with E-state index in [1.165, 1.54) is 28.1 Å². The van der Waals surface area contributed by atoms with Gasteiger partial charge in [-0.15, -0.1) is 0 Å². The summed E-state index contributed by atoms with van der Waals surface area (Å²) in [6, 6.07) is 51.0. The highest BCUT2D eigenvalue weighted by Crippen LogP contribution is 2.52. The largest absolute Gasteiger partial charge is 0.333 e. The molecular formula is C43H30N4. The first-order valence-corrected chi connectivity index (χ1v) is 16.0. The number of benzene rings is 6. The van der Waals surface area contributed by atoms with Gasteiger partial charge in [0, 0.05) is 39.4 Å². The van der Waals surface area contributed by atoms with Crippen molar-refractivity contribution in [1.82, 2.24) is 15.0 Å². The van der Waals surface area contributed by atoms with Gasteiger partial charge in [0.2, 0.25) is 0 Å². The van der Waals surface area contributed by atoms with Crippen LogP contribution in [0, 0.1) is 0 Å². The van der Waals surface area contributed by atoms with Gasteiger partial charge in [0.1, 0.15) is 0 Å². The van der Waals surface area contributed by atoms with Gasteiger partial charge >= 0.3 is 0 Å². The third-order valence-corrected chi connectivity index (χ3v) is 9.27. The first-order valence-electron chi connectivity index (χ1n) is 16.0. The Labute approximate surface area is 274 Å². The lowest BCUT2D eigenvalue weighted by atomic mass is 9.86. The van der Waals surface area contributed by atoms with Gasteiger partial charge in [0.05, 0.1) is 6.04 Å². The number of hydrogen-bond donors (Lipinski definition) is 0. The third-order valence-electron chi connectivity index (χ3n) is 9.27. The molecule has 0 bridgehead atoms. The van der Waals surface area contributed by atoms with Crippen LogP contribution in [0.3, 0.4) is 0 Å². The summed E-state index contributed by atoms with van der Waals surface area (Å²) < 4.78 is 0. The zero-order chi connectivity index (χ0) is 31.2. The second-order valence-electron chi connectivity index (χ2n) is 12.0. The minimum Gasteiger partial charge on any atom is -0.333 e. The summed E-state index contributed by atoms with van der Waals surface area (Å²) in [5.74, 6) is 2.22. The van der Waals surface area contributed by atoms with Crippen molar-refractivity contribution in [2.45, 2.75) is 12.0 Å². The summed E-state index contributed by atoms with van der Waals surface area (Å²) in [5.41, 5.74) is 9.21. The lowest BCUT2D eigenvalue weighted by molar-refractivity contribution is 0.747. The molecule has 1 aromatic heterocycles. The Kier molecular flexibility index (Phi) is 6.57. The molecule has 222 valence electrons. The summed E-state index contributed by atoms with van der Waals surface area (Å²) in [7, 11) is 0. The summed E-state index contributed by atoms with van der Waals surface area (Å²) in [5, 5.41) is 2.27. The van der Waals surface area contributed by atoms with Gasteiger partial charge in [-0.05, 0) is 40.3 Å². The highest BCUT2D eigenvalue weighted by Gasteiger charge is 2.39. The smallest absolute Gasteiger partial charge is 0.164 e. The molecule has 47 heavy (non-hydrogen) atoms. The monoisotopic (exact) mass is 602 g/mol. The molecule has 0 saturated heterocycles. The fourth-order valence-corrected chi connectivity index (χ4v) is 7.16. The lowest BCUT2D eigenvalue weighted by Crippen LogP contribution is -2.28. The molecule has 1 aliphatic heterocycles. The average Bonchev–Trinajstić information content (AvgIpc) is 3.50. The molecule has 7 aromatic rings. The van der Waals surface area contributed by atoms with Gasteiger partial charge in [0.15, 0.2) is 17.5 Å². The van der Waals surface area contributed by atoms with Crippen molar-refractivity contribution in [1.29, 1.82) is 0 Å². The highest BCUT2D eigenvalue weighted by atomic mass is 15.2. The SMILES string of the molecule is C1=CC2c3c(-c4ccccc4)cccc3N(c3ccc(-c4nc(-c5ccccc5)nc(-c5ccccc5)n4)c4ccccc34)C2C=C1. The summed E-state index contributed by atoms with van der Waals surface area (Å²) in [4.78, 5) is 17.6. The van der Waals surface area contributed by atoms with Crippen LogP contribution in [0.1, 0.15) is 11.5 Å². The van der Waals surface area contributed by atoms with Crippen molar-refractivity contribution in [3.8, 4) is 45.3 Å². The number of allylic oxidation sites excluding steroid dienone is 2. The van der Waals surface area contributed by atoms with Crippen molar-refractivity contribution in [3.63, 3.8) is 0 Å². The van der Waals surface area contributed by atoms with Crippen LogP contribution in [0.15, 0.2) is 170 Å². The minimum atomic E-state index is 0.167. The van der Waals surface area contributed by atoms with E-state index in [0.717, 1.165) is 27.5 Å². The van der Waals surface area contributed by atoms with Crippen LogP contribution in [0.25, 0.3) is 56.1 Å². The maximum atomic E-state index is 5.07. The van der Waals surface area contributed by atoms with E-state index in [0.29, 0.717) is 17.5 Å². The Morgan fingerprint density at radius 2 is 0.979 bits per heavy atom. The van der Waals surface area contributed by atoms with Gasteiger partial charge in [-0.2, -0.15) is 0 Å². The Morgan fingerprint density at radius 3 is 1.66 bits per heavy atom. The molecule has 0 fully saturated rings. The molecule has 9 rings (SSSR count). The predicted molar refractivity (Wildman–Crippen MR) is 192 cm³/mol. The highest BCUT2D eigenvalue weighted by molar-refractivity contribution is 6.05. The molecule has 0 spiro atoms. The van der Waals surface area contributed by atoms with Crippen LogP contribution < -0.4 is 4.90 Å². The van der Waals surface area contributed by atoms with E-state index in [4.69, 9.17) is 15.0 Å². The molecule has 1 aliphatic carbocycles. The fourth-order valence-electron chi connectivity index (χ4n) is 7.16. The van der Waals surface area contributed by atoms with E-state index in [2.05, 4.69) is 114 Å². The van der Waals surface area contributed by atoms with Crippen LogP contribution in [0.2, 0.25) is 0 Å². The second kappa shape index (κ2) is 11.3. The molecule has 2 atom stereocenters. The minimum absolute atomic E-state index is 0.167. The number of rotatable bonds is 5. The molecule has 2 unspecified atom stereocenters. The van der Waals surface area contributed by atoms with Crippen LogP contribution in [-0.2, 0) is 0 Å². The summed E-state index contributed by atoms with van der Waals surface area (Å²) in [6.07, 6.45) is 9.06. The quantitative estimate of drug-likeness (QED) is 0.197. The van der Waals surface area contributed by atoms with E-state index in [9.17, 15) is 0 Å². The molecule has 4 nitrogen and oxygen atoms in total. The predicted octanol–water partition coefficient (Wildman–Crippen LogP) is 10.4. The first-order chi connectivity index (χ1) is 23.3.